The van der Waals surface area contributed by atoms with Gasteiger partial charge in [-0.25, -0.2) is 0 Å². The maximum Gasteiger partial charge on any atom is 0.188 e. The lowest BCUT2D eigenvalue weighted by molar-refractivity contribution is 0.0376. The van der Waals surface area contributed by atoms with Crippen molar-refractivity contribution in [3.05, 3.63) is 0 Å². The van der Waals surface area contributed by atoms with Crippen LogP contribution < -0.4 is 11.1 Å². The molecule has 0 amide bonds. The highest BCUT2D eigenvalue weighted by Crippen LogP contribution is 2.15. The van der Waals surface area contributed by atoms with Crippen LogP contribution in [0.3, 0.4) is 0 Å². The predicted molar refractivity (Wildman–Crippen MR) is 104 cm³/mol. The van der Waals surface area contributed by atoms with E-state index in [2.05, 4.69) is 48.1 Å². The van der Waals surface area contributed by atoms with Crippen molar-refractivity contribution in [3.63, 3.8) is 0 Å². The van der Waals surface area contributed by atoms with Crippen LogP contribution in [0, 0.1) is 5.41 Å². The van der Waals surface area contributed by atoms with Gasteiger partial charge in [-0.3, -0.25) is 9.89 Å². The van der Waals surface area contributed by atoms with Gasteiger partial charge < -0.3 is 20.7 Å². The molecule has 22 heavy (non-hydrogen) atoms. The van der Waals surface area contributed by atoms with E-state index < -0.39 is 0 Å². The van der Waals surface area contributed by atoms with E-state index in [1.165, 1.54) is 0 Å². The first-order valence-corrected chi connectivity index (χ1v) is 7.88. The molecule has 1 saturated heterocycles. The number of halogens is 1. The number of nitrogens with two attached hydrogens (primary N) is 1. The molecule has 0 unspecified atom stereocenters. The fourth-order valence-corrected chi connectivity index (χ4v) is 2.61. The third-order valence-corrected chi connectivity index (χ3v) is 3.48. The molecule has 1 aliphatic heterocycles. The van der Waals surface area contributed by atoms with Crippen molar-refractivity contribution in [2.45, 2.75) is 20.3 Å². The summed E-state index contributed by atoms with van der Waals surface area (Å²) >= 11 is 0. The van der Waals surface area contributed by atoms with Gasteiger partial charge in [-0.2, -0.15) is 0 Å². The third-order valence-electron chi connectivity index (χ3n) is 3.48. The van der Waals surface area contributed by atoms with Gasteiger partial charge in [-0.05, 0) is 32.5 Å². The van der Waals surface area contributed by atoms with Gasteiger partial charge in [0, 0.05) is 32.7 Å². The zero-order valence-electron chi connectivity index (χ0n) is 14.6. The summed E-state index contributed by atoms with van der Waals surface area (Å²) in [6, 6.07) is 0. The van der Waals surface area contributed by atoms with Crippen molar-refractivity contribution in [3.8, 4) is 0 Å². The molecule has 0 aromatic rings. The molecule has 1 fully saturated rings. The monoisotopic (exact) mass is 427 g/mol. The van der Waals surface area contributed by atoms with Crippen LogP contribution in [0.2, 0.25) is 0 Å². The van der Waals surface area contributed by atoms with Crippen LogP contribution >= 0.6 is 24.0 Å². The van der Waals surface area contributed by atoms with Gasteiger partial charge in [0.2, 0.25) is 0 Å². The highest BCUT2D eigenvalue weighted by atomic mass is 127. The van der Waals surface area contributed by atoms with Crippen molar-refractivity contribution in [1.82, 2.24) is 15.1 Å². The Morgan fingerprint density at radius 3 is 2.55 bits per heavy atom. The van der Waals surface area contributed by atoms with Crippen LogP contribution in [0.5, 0.6) is 0 Å². The maximum atomic E-state index is 5.92. The number of morpholine rings is 1. The van der Waals surface area contributed by atoms with E-state index in [1.807, 2.05) is 0 Å². The Labute approximate surface area is 152 Å². The first-order valence-electron chi connectivity index (χ1n) is 7.88. The molecule has 0 bridgehead atoms. The topological polar surface area (TPSA) is 66.1 Å². The van der Waals surface area contributed by atoms with Gasteiger partial charge in [0.15, 0.2) is 5.96 Å². The molecule has 0 saturated carbocycles. The molecule has 1 heterocycles. The van der Waals surface area contributed by atoms with E-state index in [9.17, 15) is 0 Å². The summed E-state index contributed by atoms with van der Waals surface area (Å²) in [6.45, 7) is 11.9. The number of nitrogens with zero attached hydrogens (tertiary/aromatic N) is 3. The molecule has 6 nitrogen and oxygen atoms in total. The Balaban J connectivity index is 0.00000441. The highest BCUT2D eigenvalue weighted by Gasteiger charge is 2.18. The number of nitrogens with one attached hydrogen (secondary N) is 1. The predicted octanol–water partition coefficient (Wildman–Crippen LogP) is 0.819. The molecular weight excluding hydrogens is 393 g/mol. The van der Waals surface area contributed by atoms with E-state index in [0.717, 1.165) is 58.9 Å². The van der Waals surface area contributed by atoms with E-state index in [4.69, 9.17) is 10.5 Å². The first kappa shape index (κ1) is 21.9. The van der Waals surface area contributed by atoms with Crippen molar-refractivity contribution in [1.29, 1.82) is 0 Å². The maximum absolute atomic E-state index is 5.92. The smallest absolute Gasteiger partial charge is 0.188 e. The Morgan fingerprint density at radius 2 is 1.95 bits per heavy atom. The lowest BCUT2D eigenvalue weighted by atomic mass is 9.93. The molecule has 3 N–H and O–H groups in total. The minimum Gasteiger partial charge on any atom is -0.379 e. The van der Waals surface area contributed by atoms with Crippen molar-refractivity contribution in [2.24, 2.45) is 16.1 Å². The Kier molecular flexibility index (Phi) is 11.4. The van der Waals surface area contributed by atoms with Crippen LogP contribution in [0.4, 0.5) is 0 Å². The van der Waals surface area contributed by atoms with Crippen LogP contribution in [-0.4, -0.2) is 82.3 Å². The number of guanidine groups is 1. The molecule has 0 aromatic carbocycles. The fourth-order valence-electron chi connectivity index (χ4n) is 2.61. The summed E-state index contributed by atoms with van der Waals surface area (Å²) in [5.74, 6) is 0.559. The summed E-state index contributed by atoms with van der Waals surface area (Å²) in [6.07, 6.45) is 1.08. The van der Waals surface area contributed by atoms with Crippen LogP contribution in [0.15, 0.2) is 4.99 Å². The Morgan fingerprint density at radius 1 is 1.32 bits per heavy atom. The average molecular weight is 427 g/mol. The number of hydrogen-bond acceptors (Lipinski definition) is 4. The van der Waals surface area contributed by atoms with E-state index in [-0.39, 0.29) is 29.4 Å². The van der Waals surface area contributed by atoms with Crippen LogP contribution in [0.1, 0.15) is 20.3 Å². The average Bonchev–Trinajstić information content (AvgIpc) is 2.41. The largest absolute Gasteiger partial charge is 0.379 e. The summed E-state index contributed by atoms with van der Waals surface area (Å²) in [7, 11) is 4.16. The van der Waals surface area contributed by atoms with Crippen molar-refractivity contribution in [2.75, 3.05) is 66.6 Å². The molecule has 1 aliphatic rings. The van der Waals surface area contributed by atoms with Crippen LogP contribution in [-0.2, 0) is 4.74 Å². The summed E-state index contributed by atoms with van der Waals surface area (Å²) < 4.78 is 5.34. The van der Waals surface area contributed by atoms with Crippen molar-refractivity contribution < 1.29 is 4.74 Å². The van der Waals surface area contributed by atoms with Gasteiger partial charge >= 0.3 is 0 Å². The van der Waals surface area contributed by atoms with E-state index >= 15 is 0 Å². The van der Waals surface area contributed by atoms with Gasteiger partial charge in [-0.1, -0.05) is 13.8 Å². The number of ether oxygens (including phenoxy) is 1. The lowest BCUT2D eigenvalue weighted by Gasteiger charge is -2.27. The molecule has 0 atom stereocenters. The second-order valence-electron chi connectivity index (χ2n) is 6.84. The van der Waals surface area contributed by atoms with Gasteiger partial charge in [-0.15, -0.1) is 24.0 Å². The molecule has 0 spiro atoms. The van der Waals surface area contributed by atoms with Crippen LogP contribution in [0.25, 0.3) is 0 Å². The second-order valence-corrected chi connectivity index (χ2v) is 6.84. The molecule has 0 radical (unpaired) electrons. The fraction of sp³-hybridized carbons (Fsp3) is 0.933. The Bertz CT molecular complexity index is 317. The van der Waals surface area contributed by atoms with E-state index in [1.54, 1.807) is 0 Å². The number of aliphatic imine (C=N–C) groups is 1. The Hall–Kier alpha value is -0.120. The highest BCUT2D eigenvalue weighted by molar-refractivity contribution is 14.0. The molecular formula is C15H34IN5O. The van der Waals surface area contributed by atoms with E-state index in [0.29, 0.717) is 5.96 Å². The molecule has 1 rings (SSSR count). The minimum absolute atomic E-state index is 0. The number of rotatable bonds is 8. The number of hydrogen-bond donors (Lipinski definition) is 2. The lowest BCUT2D eigenvalue weighted by Crippen LogP contribution is -2.39. The van der Waals surface area contributed by atoms with Gasteiger partial charge in [0.1, 0.15) is 0 Å². The third kappa shape index (κ3) is 10.6. The van der Waals surface area contributed by atoms with Gasteiger partial charge in [0.25, 0.3) is 0 Å². The minimum atomic E-state index is 0. The standard InChI is InChI=1S/C15H33N5O.HI/c1-15(2,13-19(3)4)12-18-14(16)17-6-5-7-20-8-10-21-11-9-20;/h5-13H2,1-4H3,(H3,16,17,18);1H. The zero-order chi connectivity index (χ0) is 15.7. The first-order chi connectivity index (χ1) is 9.89. The van der Waals surface area contributed by atoms with Gasteiger partial charge in [0.05, 0.1) is 13.2 Å². The normalized spacial score (nSPS) is 17.4. The summed E-state index contributed by atoms with van der Waals surface area (Å²) in [5.41, 5.74) is 6.07. The summed E-state index contributed by atoms with van der Waals surface area (Å²) in [5, 5.41) is 3.20. The zero-order valence-corrected chi connectivity index (χ0v) is 16.9. The summed E-state index contributed by atoms with van der Waals surface area (Å²) in [4.78, 5) is 9.07. The molecule has 7 heteroatoms. The van der Waals surface area contributed by atoms with Crippen molar-refractivity contribution >= 4 is 29.9 Å². The molecule has 0 aromatic heterocycles. The quantitative estimate of drug-likeness (QED) is 0.260. The molecule has 132 valence electrons. The molecule has 0 aliphatic carbocycles. The SMILES string of the molecule is CN(C)CC(C)(C)CN=C(N)NCCCN1CCOCC1.I. The second kappa shape index (κ2) is 11.4.